The first-order valence-electron chi connectivity index (χ1n) is 10.5. The van der Waals surface area contributed by atoms with E-state index in [4.69, 9.17) is 13.9 Å². The summed E-state index contributed by atoms with van der Waals surface area (Å²) in [7, 11) is 0. The van der Waals surface area contributed by atoms with E-state index in [1.54, 1.807) is 6.92 Å². The number of carbonyl (C=O) groups is 1. The predicted molar refractivity (Wildman–Crippen MR) is 123 cm³/mol. The Hall–Kier alpha value is -3.04. The molecule has 1 N–H and O–H groups in total. The fraction of sp³-hybridized carbons (Fsp3) is 0.348. The van der Waals surface area contributed by atoms with Crippen LogP contribution in [0.4, 0.5) is 11.4 Å². The molecule has 3 aromatic rings. The number of aromatic nitrogens is 2. The first kappa shape index (κ1) is 22.2. The topological polar surface area (TPSA) is 89.7 Å². The highest BCUT2D eigenvalue weighted by Gasteiger charge is 2.19. The van der Waals surface area contributed by atoms with Crippen LogP contribution in [0.15, 0.2) is 58.2 Å². The molecule has 0 radical (unpaired) electrons. The van der Waals surface area contributed by atoms with Gasteiger partial charge in [0, 0.05) is 24.5 Å². The summed E-state index contributed by atoms with van der Waals surface area (Å²) in [4.78, 5) is 14.8. The van der Waals surface area contributed by atoms with Crippen molar-refractivity contribution in [3.63, 3.8) is 0 Å². The van der Waals surface area contributed by atoms with Crippen molar-refractivity contribution < 1.29 is 18.7 Å². The lowest BCUT2D eigenvalue weighted by Crippen LogP contribution is -2.36. The van der Waals surface area contributed by atoms with Crippen LogP contribution in [0.1, 0.15) is 18.4 Å². The van der Waals surface area contributed by atoms with Crippen LogP contribution in [0.2, 0.25) is 0 Å². The minimum Gasteiger partial charge on any atom is -0.484 e. The molecular weight excluding hydrogens is 428 g/mol. The van der Waals surface area contributed by atoms with E-state index in [2.05, 4.69) is 20.4 Å². The third-order valence-electron chi connectivity index (χ3n) is 4.96. The predicted octanol–water partition coefficient (Wildman–Crippen LogP) is 3.91. The van der Waals surface area contributed by atoms with Gasteiger partial charge in [0.15, 0.2) is 6.61 Å². The Kier molecular flexibility index (Phi) is 7.28. The lowest BCUT2D eigenvalue weighted by atomic mass is 10.2. The summed E-state index contributed by atoms with van der Waals surface area (Å²) in [5.41, 5.74) is 2.98. The zero-order valence-electron chi connectivity index (χ0n) is 18.1. The molecule has 1 saturated heterocycles. The van der Waals surface area contributed by atoms with Gasteiger partial charge in [0.2, 0.25) is 5.91 Å². The zero-order chi connectivity index (χ0) is 22.3. The SMILES string of the molecule is Cc1cccc(OCc2nnc(SC(C)C(=O)Nc3ccc(N4CCOCC4)cc3)o2)c1. The Labute approximate surface area is 191 Å². The van der Waals surface area contributed by atoms with E-state index in [0.29, 0.717) is 11.1 Å². The second kappa shape index (κ2) is 10.5. The van der Waals surface area contributed by atoms with Gasteiger partial charge in [-0.05, 0) is 55.8 Å². The molecule has 4 rings (SSSR count). The van der Waals surface area contributed by atoms with E-state index in [9.17, 15) is 4.79 Å². The van der Waals surface area contributed by atoms with Crippen LogP contribution in [0, 0.1) is 6.92 Å². The third-order valence-corrected chi connectivity index (χ3v) is 5.89. The Bertz CT molecular complexity index is 1030. The lowest BCUT2D eigenvalue weighted by Gasteiger charge is -2.28. The summed E-state index contributed by atoms with van der Waals surface area (Å²) in [5, 5.41) is 10.9. The van der Waals surface area contributed by atoms with Crippen LogP contribution >= 0.6 is 11.8 Å². The van der Waals surface area contributed by atoms with Gasteiger partial charge in [-0.2, -0.15) is 0 Å². The summed E-state index contributed by atoms with van der Waals surface area (Å²) < 4.78 is 16.7. The van der Waals surface area contributed by atoms with E-state index >= 15 is 0 Å². The lowest BCUT2D eigenvalue weighted by molar-refractivity contribution is -0.115. The minimum absolute atomic E-state index is 0.134. The molecule has 1 aliphatic heterocycles. The molecule has 0 bridgehead atoms. The number of hydrogen-bond acceptors (Lipinski definition) is 8. The van der Waals surface area contributed by atoms with Gasteiger partial charge in [-0.25, -0.2) is 0 Å². The highest BCUT2D eigenvalue weighted by atomic mass is 32.2. The average Bonchev–Trinajstić information content (AvgIpc) is 3.26. The highest BCUT2D eigenvalue weighted by molar-refractivity contribution is 8.00. The fourth-order valence-corrected chi connectivity index (χ4v) is 3.92. The van der Waals surface area contributed by atoms with E-state index in [0.717, 1.165) is 49.0 Å². The van der Waals surface area contributed by atoms with Gasteiger partial charge in [0.05, 0.1) is 18.5 Å². The number of morpholine rings is 1. The fourth-order valence-electron chi connectivity index (χ4n) is 3.22. The summed E-state index contributed by atoms with van der Waals surface area (Å²) in [6.07, 6.45) is 0. The van der Waals surface area contributed by atoms with Crippen molar-refractivity contribution in [2.45, 2.75) is 30.9 Å². The maximum absolute atomic E-state index is 12.6. The van der Waals surface area contributed by atoms with E-state index < -0.39 is 5.25 Å². The molecule has 0 aliphatic carbocycles. The van der Waals surface area contributed by atoms with Crippen LogP contribution in [0.25, 0.3) is 0 Å². The van der Waals surface area contributed by atoms with Crippen molar-refractivity contribution in [2.75, 3.05) is 36.5 Å². The number of nitrogens with one attached hydrogen (secondary N) is 1. The minimum atomic E-state index is -0.403. The first-order chi connectivity index (χ1) is 15.6. The van der Waals surface area contributed by atoms with Crippen molar-refractivity contribution in [3.8, 4) is 5.75 Å². The molecule has 32 heavy (non-hydrogen) atoms. The first-order valence-corrected chi connectivity index (χ1v) is 11.4. The molecule has 1 amide bonds. The van der Waals surface area contributed by atoms with Gasteiger partial charge in [0.1, 0.15) is 5.75 Å². The van der Waals surface area contributed by atoms with Crippen molar-refractivity contribution in [1.82, 2.24) is 10.2 Å². The number of ether oxygens (including phenoxy) is 2. The van der Waals surface area contributed by atoms with Crippen molar-refractivity contribution in [2.24, 2.45) is 0 Å². The van der Waals surface area contributed by atoms with Gasteiger partial charge in [-0.3, -0.25) is 4.79 Å². The van der Waals surface area contributed by atoms with E-state index in [-0.39, 0.29) is 12.5 Å². The molecule has 1 fully saturated rings. The van der Waals surface area contributed by atoms with Gasteiger partial charge in [-0.15, -0.1) is 10.2 Å². The maximum atomic E-state index is 12.6. The largest absolute Gasteiger partial charge is 0.484 e. The third kappa shape index (κ3) is 6.02. The number of anilines is 2. The normalized spacial score (nSPS) is 14.8. The molecule has 168 valence electrons. The standard InChI is InChI=1S/C23H26N4O4S/c1-16-4-3-5-20(14-16)30-15-21-25-26-23(31-21)32-17(2)22(28)24-18-6-8-19(9-7-18)27-10-12-29-13-11-27/h3-9,14,17H,10-13,15H2,1-2H3,(H,24,28). The van der Waals surface area contributed by atoms with Crippen LogP contribution in [0.3, 0.4) is 0 Å². The maximum Gasteiger partial charge on any atom is 0.277 e. The summed E-state index contributed by atoms with van der Waals surface area (Å²) in [5.74, 6) is 0.968. The van der Waals surface area contributed by atoms with E-state index in [1.165, 1.54) is 11.8 Å². The molecule has 1 unspecified atom stereocenters. The Balaban J connectivity index is 1.26. The molecule has 9 heteroatoms. The summed E-state index contributed by atoms with van der Waals surface area (Å²) in [6.45, 7) is 7.20. The Morgan fingerprint density at radius 1 is 1.19 bits per heavy atom. The smallest absolute Gasteiger partial charge is 0.277 e. The highest BCUT2D eigenvalue weighted by Crippen LogP contribution is 2.24. The molecule has 1 aromatic heterocycles. The van der Waals surface area contributed by atoms with Gasteiger partial charge >= 0.3 is 0 Å². The number of benzene rings is 2. The van der Waals surface area contributed by atoms with Gasteiger partial charge < -0.3 is 24.1 Å². The Morgan fingerprint density at radius 3 is 2.72 bits per heavy atom. The van der Waals surface area contributed by atoms with Crippen LogP contribution in [-0.2, 0) is 16.1 Å². The Morgan fingerprint density at radius 2 is 1.97 bits per heavy atom. The molecule has 0 spiro atoms. The van der Waals surface area contributed by atoms with Crippen LogP contribution < -0.4 is 15.0 Å². The second-order valence-electron chi connectivity index (χ2n) is 7.46. The molecule has 2 aromatic carbocycles. The van der Waals surface area contributed by atoms with E-state index in [1.807, 2.05) is 55.5 Å². The number of hydrogen-bond donors (Lipinski definition) is 1. The quantitative estimate of drug-likeness (QED) is 0.513. The molecule has 2 heterocycles. The van der Waals surface area contributed by atoms with Crippen molar-refractivity contribution in [1.29, 1.82) is 0 Å². The molecule has 8 nitrogen and oxygen atoms in total. The van der Waals surface area contributed by atoms with Gasteiger partial charge in [0.25, 0.3) is 11.1 Å². The molecule has 0 saturated carbocycles. The number of rotatable bonds is 8. The average molecular weight is 455 g/mol. The number of aryl methyl sites for hydroxylation is 1. The van der Waals surface area contributed by atoms with Crippen LogP contribution in [-0.4, -0.2) is 47.7 Å². The number of thioether (sulfide) groups is 1. The molecular formula is C23H26N4O4S. The number of carbonyl (C=O) groups excluding carboxylic acids is 1. The molecule has 1 atom stereocenters. The summed E-state index contributed by atoms with van der Waals surface area (Å²) >= 11 is 1.21. The summed E-state index contributed by atoms with van der Waals surface area (Å²) in [6, 6.07) is 15.6. The second-order valence-corrected chi connectivity index (χ2v) is 8.75. The van der Waals surface area contributed by atoms with Gasteiger partial charge in [-0.1, -0.05) is 23.9 Å². The van der Waals surface area contributed by atoms with Crippen molar-refractivity contribution >= 4 is 29.0 Å². The number of nitrogens with zero attached hydrogens (tertiary/aromatic N) is 3. The zero-order valence-corrected chi connectivity index (χ0v) is 18.9. The number of amides is 1. The van der Waals surface area contributed by atoms with Crippen LogP contribution in [0.5, 0.6) is 5.75 Å². The monoisotopic (exact) mass is 454 g/mol. The molecule has 1 aliphatic rings. The van der Waals surface area contributed by atoms with Crippen molar-refractivity contribution in [3.05, 3.63) is 60.0 Å².